The van der Waals surface area contributed by atoms with E-state index in [-0.39, 0.29) is 18.1 Å². The Morgan fingerprint density at radius 2 is 1.85 bits per heavy atom. The molecule has 9 heteroatoms. The molecule has 0 spiro atoms. The Morgan fingerprint density at radius 3 is 2.56 bits per heavy atom. The summed E-state index contributed by atoms with van der Waals surface area (Å²) in [7, 11) is 0. The number of ether oxygens (including phenoxy) is 3. The summed E-state index contributed by atoms with van der Waals surface area (Å²) in [4.78, 5) is 12.2. The fourth-order valence-electron chi connectivity index (χ4n) is 2.46. The van der Waals surface area contributed by atoms with Crippen molar-refractivity contribution in [3.63, 3.8) is 0 Å². The first kappa shape index (κ1) is 19.2. The summed E-state index contributed by atoms with van der Waals surface area (Å²) in [5, 5.41) is 3.02. The lowest BCUT2D eigenvalue weighted by atomic mass is 10.1. The predicted octanol–water partition coefficient (Wildman–Crippen LogP) is 4.23. The molecule has 0 aliphatic carbocycles. The number of hydrogen-bond donors (Lipinski definition) is 1. The maximum atomic E-state index is 12.2. The summed E-state index contributed by atoms with van der Waals surface area (Å²) in [5.74, 6) is 0.694. The molecule has 0 atom stereocenters. The number of alkyl halides is 3. The number of rotatable bonds is 5. The molecule has 5 nitrogen and oxygen atoms in total. The van der Waals surface area contributed by atoms with Crippen LogP contribution in [0, 0.1) is 0 Å². The average molecular weight is 402 g/mol. The van der Waals surface area contributed by atoms with Crippen LogP contribution in [0.4, 0.5) is 18.9 Å². The molecule has 27 heavy (non-hydrogen) atoms. The van der Waals surface area contributed by atoms with Crippen molar-refractivity contribution in [1.29, 1.82) is 0 Å². The minimum Gasteiger partial charge on any atom is -0.486 e. The van der Waals surface area contributed by atoms with Gasteiger partial charge < -0.3 is 19.5 Å². The second-order valence-corrected chi connectivity index (χ2v) is 6.16. The molecule has 3 rings (SSSR count). The Balaban J connectivity index is 1.58. The summed E-state index contributed by atoms with van der Waals surface area (Å²) in [5.41, 5.74) is 1.08. The zero-order chi connectivity index (χ0) is 19.4. The molecular weight excluding hydrogens is 387 g/mol. The highest BCUT2D eigenvalue weighted by Crippen LogP contribution is 2.38. The third-order valence-electron chi connectivity index (χ3n) is 3.56. The molecule has 0 bridgehead atoms. The van der Waals surface area contributed by atoms with Gasteiger partial charge in [-0.1, -0.05) is 11.6 Å². The van der Waals surface area contributed by atoms with Crippen LogP contribution < -0.4 is 19.5 Å². The largest absolute Gasteiger partial charge is 0.486 e. The van der Waals surface area contributed by atoms with Crippen LogP contribution in [-0.4, -0.2) is 31.9 Å². The van der Waals surface area contributed by atoms with E-state index >= 15 is 0 Å². The summed E-state index contributed by atoms with van der Waals surface area (Å²) in [6, 6.07) is 8.93. The van der Waals surface area contributed by atoms with E-state index in [1.165, 1.54) is 24.3 Å². The van der Waals surface area contributed by atoms with Gasteiger partial charge in [0.05, 0.1) is 11.4 Å². The molecular formula is C18H15ClF3NO4. The highest BCUT2D eigenvalue weighted by atomic mass is 35.5. The molecule has 0 saturated heterocycles. The van der Waals surface area contributed by atoms with E-state index in [1.807, 2.05) is 0 Å². The van der Waals surface area contributed by atoms with Gasteiger partial charge in [-0.05, 0) is 42.0 Å². The lowest BCUT2D eigenvalue weighted by molar-refractivity contribution is -0.153. The van der Waals surface area contributed by atoms with E-state index in [9.17, 15) is 18.0 Å². The Labute approximate surface area is 158 Å². The molecule has 1 aliphatic rings. The number of carbonyl (C=O) groups excluding carboxylic acids is 1. The van der Waals surface area contributed by atoms with Crippen LogP contribution in [0.5, 0.6) is 17.2 Å². The van der Waals surface area contributed by atoms with Gasteiger partial charge in [-0.15, -0.1) is 0 Å². The fourth-order valence-corrected chi connectivity index (χ4v) is 2.74. The molecule has 0 saturated carbocycles. The Morgan fingerprint density at radius 1 is 1.15 bits per heavy atom. The second-order valence-electron chi connectivity index (χ2n) is 5.76. The van der Waals surface area contributed by atoms with E-state index in [0.717, 1.165) is 0 Å². The van der Waals surface area contributed by atoms with Crippen LogP contribution in [0.25, 0.3) is 0 Å². The van der Waals surface area contributed by atoms with E-state index < -0.39 is 12.8 Å². The molecule has 144 valence electrons. The van der Waals surface area contributed by atoms with Crippen molar-refractivity contribution in [3.8, 4) is 17.2 Å². The Bertz CT molecular complexity index is 825. The summed E-state index contributed by atoms with van der Waals surface area (Å²) in [6.45, 7) is -0.555. The van der Waals surface area contributed by atoms with Crippen molar-refractivity contribution in [1.82, 2.24) is 0 Å². The summed E-state index contributed by atoms with van der Waals surface area (Å²) in [6.07, 6.45) is -4.36. The van der Waals surface area contributed by atoms with Gasteiger partial charge in [0, 0.05) is 5.69 Å². The highest BCUT2D eigenvalue weighted by molar-refractivity contribution is 6.32. The summed E-state index contributed by atoms with van der Waals surface area (Å²) < 4.78 is 51.9. The van der Waals surface area contributed by atoms with Crippen molar-refractivity contribution in [2.75, 3.05) is 25.1 Å². The van der Waals surface area contributed by atoms with Crippen LogP contribution in [-0.2, 0) is 11.2 Å². The molecule has 1 amide bonds. The number of anilines is 1. The second kappa shape index (κ2) is 7.96. The summed E-state index contributed by atoms with van der Waals surface area (Å²) >= 11 is 6.14. The van der Waals surface area contributed by atoms with Gasteiger partial charge in [0.15, 0.2) is 18.1 Å². The number of carbonyl (C=O) groups is 1. The lowest BCUT2D eigenvalue weighted by Crippen LogP contribution is -2.19. The van der Waals surface area contributed by atoms with Crippen LogP contribution in [0.3, 0.4) is 0 Å². The van der Waals surface area contributed by atoms with Crippen LogP contribution in [0.2, 0.25) is 5.02 Å². The van der Waals surface area contributed by atoms with Crippen molar-refractivity contribution in [2.45, 2.75) is 12.6 Å². The minimum absolute atomic E-state index is 0.0443. The van der Waals surface area contributed by atoms with E-state index in [2.05, 4.69) is 10.1 Å². The molecule has 1 N–H and O–H groups in total. The molecule has 0 radical (unpaired) electrons. The van der Waals surface area contributed by atoms with Gasteiger partial charge in [0.25, 0.3) is 0 Å². The van der Waals surface area contributed by atoms with Crippen molar-refractivity contribution >= 4 is 23.2 Å². The van der Waals surface area contributed by atoms with Gasteiger partial charge in [-0.25, -0.2) is 0 Å². The van der Waals surface area contributed by atoms with Crippen molar-refractivity contribution < 1.29 is 32.2 Å². The quantitative estimate of drug-likeness (QED) is 0.814. The first-order valence-corrected chi connectivity index (χ1v) is 8.35. The molecule has 0 fully saturated rings. The number of nitrogens with one attached hydrogen (secondary N) is 1. The van der Waals surface area contributed by atoms with Gasteiger partial charge in [0.2, 0.25) is 5.91 Å². The first-order valence-electron chi connectivity index (χ1n) is 7.98. The third-order valence-corrected chi connectivity index (χ3v) is 3.84. The topological polar surface area (TPSA) is 56.8 Å². The Kier molecular flexibility index (Phi) is 5.65. The minimum atomic E-state index is -4.40. The number of benzene rings is 2. The SMILES string of the molecule is O=C(Cc1cc(Cl)c2c(c1)OCCO2)Nc1ccc(OCC(F)(F)F)cc1. The zero-order valence-electron chi connectivity index (χ0n) is 13.9. The van der Waals surface area contributed by atoms with Gasteiger partial charge in [0.1, 0.15) is 19.0 Å². The molecule has 1 aliphatic heterocycles. The van der Waals surface area contributed by atoms with Gasteiger partial charge in [-0.2, -0.15) is 13.2 Å². The number of fused-ring (bicyclic) bond motifs is 1. The standard InChI is InChI=1S/C18H15ClF3NO4/c19-14-7-11(8-15-17(14)26-6-5-25-15)9-16(24)23-12-1-3-13(4-2-12)27-10-18(20,21)22/h1-4,7-8H,5-6,9-10H2,(H,23,24). The van der Waals surface area contributed by atoms with Crippen molar-refractivity contribution in [3.05, 3.63) is 47.0 Å². The van der Waals surface area contributed by atoms with Crippen LogP contribution >= 0.6 is 11.6 Å². The Hall–Kier alpha value is -2.61. The zero-order valence-corrected chi connectivity index (χ0v) is 14.7. The third kappa shape index (κ3) is 5.43. The molecule has 0 unspecified atom stereocenters. The maximum absolute atomic E-state index is 12.2. The van der Waals surface area contributed by atoms with Crippen LogP contribution in [0.1, 0.15) is 5.56 Å². The smallest absolute Gasteiger partial charge is 0.422 e. The molecule has 2 aromatic carbocycles. The molecule has 2 aromatic rings. The van der Waals surface area contributed by atoms with E-state index in [1.54, 1.807) is 12.1 Å². The first-order chi connectivity index (χ1) is 12.8. The van der Waals surface area contributed by atoms with Crippen molar-refractivity contribution in [2.24, 2.45) is 0 Å². The average Bonchev–Trinajstić information content (AvgIpc) is 2.60. The number of hydrogen-bond acceptors (Lipinski definition) is 4. The normalized spacial score (nSPS) is 13.2. The predicted molar refractivity (Wildman–Crippen MR) is 92.8 cm³/mol. The fraction of sp³-hybridized carbons (Fsp3) is 0.278. The molecule has 1 heterocycles. The van der Waals surface area contributed by atoms with Gasteiger partial charge in [-0.3, -0.25) is 4.79 Å². The monoisotopic (exact) mass is 401 g/mol. The maximum Gasteiger partial charge on any atom is 0.422 e. The highest BCUT2D eigenvalue weighted by Gasteiger charge is 2.28. The van der Waals surface area contributed by atoms with Gasteiger partial charge >= 0.3 is 6.18 Å². The lowest BCUT2D eigenvalue weighted by Gasteiger charge is -2.20. The van der Waals surface area contributed by atoms with E-state index in [4.69, 9.17) is 21.1 Å². The number of amides is 1. The number of halogens is 4. The van der Waals surface area contributed by atoms with E-state index in [0.29, 0.717) is 41.0 Å². The van der Waals surface area contributed by atoms with Crippen LogP contribution in [0.15, 0.2) is 36.4 Å². The molecule has 0 aromatic heterocycles.